The van der Waals surface area contributed by atoms with Crippen LogP contribution in [-0.4, -0.2) is 16.9 Å². The monoisotopic (exact) mass is 236 g/mol. The van der Waals surface area contributed by atoms with E-state index in [9.17, 15) is 0 Å². The number of para-hydroxylation sites is 1. The maximum absolute atomic E-state index is 5.73. The predicted octanol–water partition coefficient (Wildman–Crippen LogP) is 2.76. The molecule has 4 heteroatoms. The number of halogens is 1. The van der Waals surface area contributed by atoms with Crippen LogP contribution in [-0.2, 0) is 17.2 Å². The molecule has 1 aromatic carbocycles. The maximum Gasteiger partial charge on any atom is 0.0776 e. The van der Waals surface area contributed by atoms with E-state index in [1.807, 2.05) is 41.2 Å². The van der Waals surface area contributed by atoms with E-state index in [1.54, 1.807) is 7.11 Å². The van der Waals surface area contributed by atoms with Crippen LogP contribution >= 0.6 is 11.6 Å². The molecule has 0 aliphatic carbocycles. The molecule has 16 heavy (non-hydrogen) atoms. The van der Waals surface area contributed by atoms with Crippen LogP contribution in [0.25, 0.3) is 5.69 Å². The van der Waals surface area contributed by atoms with Crippen LogP contribution in [0.15, 0.2) is 36.5 Å². The van der Waals surface area contributed by atoms with Gasteiger partial charge in [-0.2, -0.15) is 5.10 Å². The van der Waals surface area contributed by atoms with Gasteiger partial charge in [0, 0.05) is 18.9 Å². The number of hydrogen-bond donors (Lipinski definition) is 0. The van der Waals surface area contributed by atoms with Crippen LogP contribution in [0.3, 0.4) is 0 Å². The molecular formula is C12H13ClN2O. The topological polar surface area (TPSA) is 27.1 Å². The Balaban J connectivity index is 2.38. The van der Waals surface area contributed by atoms with Gasteiger partial charge in [0.25, 0.3) is 0 Å². The normalized spacial score (nSPS) is 10.6. The van der Waals surface area contributed by atoms with Crippen molar-refractivity contribution in [3.63, 3.8) is 0 Å². The van der Waals surface area contributed by atoms with Crippen molar-refractivity contribution in [3.05, 3.63) is 47.8 Å². The Morgan fingerprint density at radius 3 is 2.81 bits per heavy atom. The summed E-state index contributed by atoms with van der Waals surface area (Å²) in [6, 6.07) is 9.93. The van der Waals surface area contributed by atoms with Crippen LogP contribution in [0.4, 0.5) is 0 Å². The van der Waals surface area contributed by atoms with Crippen molar-refractivity contribution in [2.24, 2.45) is 0 Å². The Morgan fingerprint density at radius 1 is 1.31 bits per heavy atom. The number of alkyl halides is 1. The first kappa shape index (κ1) is 11.2. The molecule has 2 rings (SSSR count). The van der Waals surface area contributed by atoms with Crippen LogP contribution < -0.4 is 0 Å². The molecule has 0 spiro atoms. The highest BCUT2D eigenvalue weighted by molar-refractivity contribution is 6.16. The first-order valence-corrected chi connectivity index (χ1v) is 5.56. The number of methoxy groups -OCH3 is 1. The van der Waals surface area contributed by atoms with Crippen molar-refractivity contribution in [1.29, 1.82) is 0 Å². The van der Waals surface area contributed by atoms with E-state index in [0.29, 0.717) is 12.5 Å². The third-order valence-corrected chi connectivity index (χ3v) is 2.59. The molecule has 2 aromatic rings. The zero-order valence-corrected chi connectivity index (χ0v) is 9.81. The third kappa shape index (κ3) is 2.26. The Kier molecular flexibility index (Phi) is 3.59. The van der Waals surface area contributed by atoms with E-state index < -0.39 is 0 Å². The molecule has 0 aliphatic heterocycles. The summed E-state index contributed by atoms with van der Waals surface area (Å²) < 4.78 is 6.98. The van der Waals surface area contributed by atoms with E-state index in [-0.39, 0.29) is 0 Å². The van der Waals surface area contributed by atoms with Gasteiger partial charge in [-0.25, -0.2) is 4.68 Å². The number of hydrogen-bond acceptors (Lipinski definition) is 2. The van der Waals surface area contributed by atoms with Crippen molar-refractivity contribution >= 4 is 11.6 Å². The minimum atomic E-state index is 0.430. The van der Waals surface area contributed by atoms with Gasteiger partial charge < -0.3 is 4.74 Å². The Labute approximate surface area is 99.6 Å². The highest BCUT2D eigenvalue weighted by Gasteiger charge is 2.05. The average Bonchev–Trinajstić information content (AvgIpc) is 2.79. The summed E-state index contributed by atoms with van der Waals surface area (Å²) in [5.41, 5.74) is 3.00. The number of ether oxygens (including phenoxy) is 1. The molecule has 1 heterocycles. The van der Waals surface area contributed by atoms with Crippen molar-refractivity contribution in [1.82, 2.24) is 9.78 Å². The standard InChI is InChI=1S/C12H13ClN2O/c1-16-9-10-4-2-3-5-12(10)15-7-6-11(8-13)14-15/h2-7H,8-9H2,1H3. The summed E-state index contributed by atoms with van der Waals surface area (Å²) in [6.07, 6.45) is 1.91. The first-order valence-electron chi connectivity index (χ1n) is 5.03. The lowest BCUT2D eigenvalue weighted by molar-refractivity contribution is 0.184. The lowest BCUT2D eigenvalue weighted by Crippen LogP contribution is -2.01. The van der Waals surface area contributed by atoms with E-state index in [4.69, 9.17) is 16.3 Å². The molecule has 0 fully saturated rings. The van der Waals surface area contributed by atoms with Gasteiger partial charge in [0.05, 0.1) is 23.9 Å². The number of nitrogens with zero attached hydrogens (tertiary/aromatic N) is 2. The fourth-order valence-electron chi connectivity index (χ4n) is 1.58. The molecule has 0 unspecified atom stereocenters. The second kappa shape index (κ2) is 5.14. The average molecular weight is 237 g/mol. The van der Waals surface area contributed by atoms with Crippen molar-refractivity contribution in [3.8, 4) is 5.69 Å². The molecule has 0 saturated carbocycles. The van der Waals surface area contributed by atoms with Gasteiger partial charge in [0.15, 0.2) is 0 Å². The van der Waals surface area contributed by atoms with Gasteiger partial charge in [-0.15, -0.1) is 11.6 Å². The first-order chi connectivity index (χ1) is 7.85. The summed E-state index contributed by atoms with van der Waals surface area (Å²) in [7, 11) is 1.68. The minimum absolute atomic E-state index is 0.430. The lowest BCUT2D eigenvalue weighted by atomic mass is 10.2. The van der Waals surface area contributed by atoms with Gasteiger partial charge in [-0.05, 0) is 12.1 Å². The van der Waals surface area contributed by atoms with Crippen LogP contribution in [0, 0.1) is 0 Å². The van der Waals surface area contributed by atoms with Crippen LogP contribution in [0.1, 0.15) is 11.3 Å². The van der Waals surface area contributed by atoms with Crippen LogP contribution in [0.2, 0.25) is 0 Å². The molecule has 0 N–H and O–H groups in total. The fraction of sp³-hybridized carbons (Fsp3) is 0.250. The van der Waals surface area contributed by atoms with E-state index >= 15 is 0 Å². The van der Waals surface area contributed by atoms with E-state index in [1.165, 1.54) is 0 Å². The summed E-state index contributed by atoms with van der Waals surface area (Å²) in [6.45, 7) is 0.576. The summed E-state index contributed by atoms with van der Waals surface area (Å²) in [5.74, 6) is 0.430. The van der Waals surface area contributed by atoms with Gasteiger partial charge in [0.2, 0.25) is 0 Å². The van der Waals surface area contributed by atoms with Gasteiger partial charge >= 0.3 is 0 Å². The summed E-state index contributed by atoms with van der Waals surface area (Å²) >= 11 is 5.73. The Hall–Kier alpha value is -1.32. The van der Waals surface area contributed by atoms with Gasteiger partial charge in [-0.1, -0.05) is 18.2 Å². The molecule has 3 nitrogen and oxygen atoms in total. The quantitative estimate of drug-likeness (QED) is 0.764. The van der Waals surface area contributed by atoms with Gasteiger partial charge in [0.1, 0.15) is 0 Å². The highest BCUT2D eigenvalue weighted by atomic mass is 35.5. The Bertz CT molecular complexity index is 468. The smallest absolute Gasteiger partial charge is 0.0776 e. The molecule has 1 aromatic heterocycles. The predicted molar refractivity (Wildman–Crippen MR) is 63.8 cm³/mol. The number of benzene rings is 1. The minimum Gasteiger partial charge on any atom is -0.380 e. The maximum atomic E-state index is 5.73. The van der Waals surface area contributed by atoms with Crippen LogP contribution in [0.5, 0.6) is 0 Å². The summed E-state index contributed by atoms with van der Waals surface area (Å²) in [5, 5.41) is 4.37. The number of rotatable bonds is 4. The van der Waals surface area contributed by atoms with E-state index in [2.05, 4.69) is 5.10 Å². The molecule has 0 amide bonds. The molecule has 0 aliphatic rings. The molecule has 84 valence electrons. The second-order valence-corrected chi connectivity index (χ2v) is 3.71. The Morgan fingerprint density at radius 2 is 2.12 bits per heavy atom. The molecule has 0 bridgehead atoms. The lowest BCUT2D eigenvalue weighted by Gasteiger charge is -2.08. The third-order valence-electron chi connectivity index (χ3n) is 2.32. The largest absolute Gasteiger partial charge is 0.380 e. The van der Waals surface area contributed by atoms with Gasteiger partial charge in [-0.3, -0.25) is 0 Å². The molecular weight excluding hydrogens is 224 g/mol. The van der Waals surface area contributed by atoms with Crippen molar-refractivity contribution < 1.29 is 4.74 Å². The molecule has 0 radical (unpaired) electrons. The fourth-order valence-corrected chi connectivity index (χ4v) is 1.72. The molecule has 0 saturated heterocycles. The zero-order valence-electron chi connectivity index (χ0n) is 9.06. The van der Waals surface area contributed by atoms with Crippen molar-refractivity contribution in [2.75, 3.05) is 7.11 Å². The zero-order chi connectivity index (χ0) is 11.4. The van der Waals surface area contributed by atoms with Crippen molar-refractivity contribution in [2.45, 2.75) is 12.5 Å². The second-order valence-electron chi connectivity index (χ2n) is 3.45. The SMILES string of the molecule is COCc1ccccc1-n1ccc(CCl)n1. The summed E-state index contributed by atoms with van der Waals surface area (Å²) in [4.78, 5) is 0. The highest BCUT2D eigenvalue weighted by Crippen LogP contribution is 2.15. The van der Waals surface area contributed by atoms with E-state index in [0.717, 1.165) is 16.9 Å². The molecule has 0 atom stereocenters. The number of aromatic nitrogens is 2.